The highest BCUT2D eigenvalue weighted by atomic mass is 16.5. The number of carbonyl (C=O) groups excluding carboxylic acids is 1. The van der Waals surface area contributed by atoms with E-state index in [1.54, 1.807) is 6.92 Å². The molecule has 0 rings (SSSR count). The number of alkyl carbamates (subject to hydrolysis) is 1. The fourth-order valence-electron chi connectivity index (χ4n) is 0.986. The molecule has 0 bridgehead atoms. The molecule has 5 nitrogen and oxygen atoms in total. The van der Waals surface area contributed by atoms with Gasteiger partial charge in [-0.1, -0.05) is 32.9 Å². The van der Waals surface area contributed by atoms with Gasteiger partial charge in [0.2, 0.25) is 0 Å². The molecule has 2 N–H and O–H groups in total. The van der Waals surface area contributed by atoms with Crippen molar-refractivity contribution in [2.45, 2.75) is 26.3 Å². The largest absolute Gasteiger partial charge is 0.480 e. The quantitative estimate of drug-likeness (QED) is 0.656. The maximum absolute atomic E-state index is 11.1. The molecule has 0 aromatic heterocycles. The van der Waals surface area contributed by atoms with E-state index in [2.05, 4.69) is 16.6 Å². The molecule has 86 valence electrons. The third kappa shape index (κ3) is 5.05. The molecular formula is C10H17NO4. The molecule has 0 aliphatic rings. The van der Waals surface area contributed by atoms with E-state index in [-0.39, 0.29) is 12.5 Å². The maximum atomic E-state index is 11.1. The Bertz CT molecular complexity index is 240. The van der Waals surface area contributed by atoms with Crippen LogP contribution in [-0.4, -0.2) is 29.8 Å². The number of hydrogen-bond donors (Lipinski definition) is 2. The fraction of sp³-hybridized carbons (Fsp3) is 0.600. The van der Waals surface area contributed by atoms with Gasteiger partial charge in [-0.3, -0.25) is 0 Å². The molecule has 0 spiro atoms. The first-order valence-electron chi connectivity index (χ1n) is 4.79. The van der Waals surface area contributed by atoms with Gasteiger partial charge in [-0.15, -0.1) is 0 Å². The Labute approximate surface area is 89.1 Å². The van der Waals surface area contributed by atoms with Gasteiger partial charge >= 0.3 is 12.1 Å². The highest BCUT2D eigenvalue weighted by Gasteiger charge is 2.25. The first-order valence-corrected chi connectivity index (χ1v) is 4.79. The van der Waals surface area contributed by atoms with Crippen LogP contribution in [0.4, 0.5) is 4.79 Å². The van der Waals surface area contributed by atoms with Crippen molar-refractivity contribution >= 4 is 12.1 Å². The van der Waals surface area contributed by atoms with Crippen molar-refractivity contribution in [2.75, 3.05) is 6.61 Å². The monoisotopic (exact) mass is 215 g/mol. The van der Waals surface area contributed by atoms with E-state index in [4.69, 9.17) is 5.11 Å². The third-order valence-corrected chi connectivity index (χ3v) is 2.08. The summed E-state index contributed by atoms with van der Waals surface area (Å²) in [6, 6.07) is -0.910. The minimum absolute atomic E-state index is 0.0681. The third-order valence-electron chi connectivity index (χ3n) is 2.08. The maximum Gasteiger partial charge on any atom is 0.408 e. The SMILES string of the molecule is C=CCOC(=O)N[C@@H](C(=O)O)[C@H](C)CC. The van der Waals surface area contributed by atoms with Gasteiger partial charge in [0.25, 0.3) is 0 Å². The van der Waals surface area contributed by atoms with Crippen LogP contribution in [0.5, 0.6) is 0 Å². The van der Waals surface area contributed by atoms with Crippen LogP contribution in [0, 0.1) is 5.92 Å². The lowest BCUT2D eigenvalue weighted by atomic mass is 10.00. The zero-order valence-electron chi connectivity index (χ0n) is 9.03. The Morgan fingerprint density at radius 3 is 2.60 bits per heavy atom. The van der Waals surface area contributed by atoms with Crippen molar-refractivity contribution in [1.82, 2.24) is 5.32 Å². The summed E-state index contributed by atoms with van der Waals surface area (Å²) >= 11 is 0. The predicted molar refractivity (Wildman–Crippen MR) is 55.6 cm³/mol. The number of hydrogen-bond acceptors (Lipinski definition) is 3. The average molecular weight is 215 g/mol. The van der Waals surface area contributed by atoms with Crippen molar-refractivity contribution in [3.05, 3.63) is 12.7 Å². The molecule has 0 aliphatic heterocycles. The lowest BCUT2D eigenvalue weighted by Crippen LogP contribution is -2.45. The summed E-state index contributed by atoms with van der Waals surface area (Å²) in [6.07, 6.45) is 1.35. The molecule has 0 heterocycles. The second-order valence-corrected chi connectivity index (χ2v) is 3.23. The number of ether oxygens (including phenoxy) is 1. The van der Waals surface area contributed by atoms with E-state index in [1.807, 2.05) is 6.92 Å². The van der Waals surface area contributed by atoms with Gasteiger partial charge in [-0.25, -0.2) is 9.59 Å². The van der Waals surface area contributed by atoms with Gasteiger partial charge in [0.05, 0.1) is 0 Å². The van der Waals surface area contributed by atoms with Crippen molar-refractivity contribution in [1.29, 1.82) is 0 Å². The molecule has 0 aromatic rings. The summed E-state index contributed by atoms with van der Waals surface area (Å²) in [5.74, 6) is -1.20. The number of rotatable bonds is 6. The van der Waals surface area contributed by atoms with Crippen LogP contribution >= 0.6 is 0 Å². The van der Waals surface area contributed by atoms with Crippen LogP contribution in [0.1, 0.15) is 20.3 Å². The first-order chi connectivity index (χ1) is 7.02. The molecular weight excluding hydrogens is 198 g/mol. The summed E-state index contributed by atoms with van der Waals surface area (Å²) in [4.78, 5) is 21.9. The highest BCUT2D eigenvalue weighted by molar-refractivity contribution is 5.80. The second-order valence-electron chi connectivity index (χ2n) is 3.23. The molecule has 0 aliphatic carbocycles. The smallest absolute Gasteiger partial charge is 0.408 e. The Kier molecular flexibility index (Phi) is 6.17. The molecule has 2 atom stereocenters. The van der Waals surface area contributed by atoms with E-state index in [9.17, 15) is 9.59 Å². The molecule has 0 saturated carbocycles. The summed E-state index contributed by atoms with van der Waals surface area (Å²) in [5, 5.41) is 11.2. The Morgan fingerprint density at radius 2 is 2.20 bits per heavy atom. The number of carbonyl (C=O) groups is 2. The van der Waals surface area contributed by atoms with E-state index < -0.39 is 18.1 Å². The second kappa shape index (κ2) is 6.86. The molecule has 1 amide bonds. The highest BCUT2D eigenvalue weighted by Crippen LogP contribution is 2.07. The van der Waals surface area contributed by atoms with Gasteiger partial charge in [-0.05, 0) is 5.92 Å². The summed E-state index contributed by atoms with van der Waals surface area (Å²) in [7, 11) is 0. The zero-order chi connectivity index (χ0) is 11.8. The summed E-state index contributed by atoms with van der Waals surface area (Å²) < 4.78 is 4.64. The van der Waals surface area contributed by atoms with E-state index in [1.165, 1.54) is 6.08 Å². The van der Waals surface area contributed by atoms with Gasteiger partial charge in [0, 0.05) is 0 Å². The van der Waals surface area contributed by atoms with Gasteiger partial charge < -0.3 is 15.2 Å². The standard InChI is InChI=1S/C10H17NO4/c1-4-6-15-10(14)11-8(9(12)13)7(3)5-2/h4,7-8H,1,5-6H2,2-3H3,(H,11,14)(H,12,13)/t7-,8-/m1/s1. The first kappa shape index (κ1) is 13.5. The minimum Gasteiger partial charge on any atom is -0.480 e. The van der Waals surface area contributed by atoms with Crippen LogP contribution in [0.25, 0.3) is 0 Å². The van der Waals surface area contributed by atoms with Crippen LogP contribution < -0.4 is 5.32 Å². The zero-order valence-corrected chi connectivity index (χ0v) is 9.03. The number of carboxylic acids is 1. The molecule has 0 saturated heterocycles. The predicted octanol–water partition coefficient (Wildman–Crippen LogP) is 1.40. The summed E-state index contributed by atoms with van der Waals surface area (Å²) in [5.41, 5.74) is 0. The Balaban J connectivity index is 4.22. The number of aliphatic carboxylic acids is 1. The molecule has 0 radical (unpaired) electrons. The molecule has 0 fully saturated rings. The Morgan fingerprint density at radius 1 is 1.60 bits per heavy atom. The topological polar surface area (TPSA) is 75.6 Å². The van der Waals surface area contributed by atoms with Crippen LogP contribution in [0.3, 0.4) is 0 Å². The van der Waals surface area contributed by atoms with Crippen molar-refractivity contribution in [3.63, 3.8) is 0 Å². The van der Waals surface area contributed by atoms with Gasteiger partial charge in [0.15, 0.2) is 0 Å². The lowest BCUT2D eigenvalue weighted by molar-refractivity contribution is -0.140. The van der Waals surface area contributed by atoms with Gasteiger partial charge in [0.1, 0.15) is 12.6 Å². The van der Waals surface area contributed by atoms with Crippen LogP contribution in [-0.2, 0) is 9.53 Å². The van der Waals surface area contributed by atoms with E-state index >= 15 is 0 Å². The van der Waals surface area contributed by atoms with Crippen LogP contribution in [0.15, 0.2) is 12.7 Å². The number of carboxylic acid groups (broad SMARTS) is 1. The molecule has 0 aromatic carbocycles. The Hall–Kier alpha value is -1.52. The average Bonchev–Trinajstić information content (AvgIpc) is 2.21. The summed E-state index contributed by atoms with van der Waals surface area (Å²) in [6.45, 7) is 7.06. The molecule has 15 heavy (non-hydrogen) atoms. The minimum atomic E-state index is -1.06. The normalized spacial score (nSPS) is 13.7. The van der Waals surface area contributed by atoms with Crippen molar-refractivity contribution in [2.24, 2.45) is 5.92 Å². The molecule has 0 unspecified atom stereocenters. The number of nitrogens with one attached hydrogen (secondary N) is 1. The fourth-order valence-corrected chi connectivity index (χ4v) is 0.986. The molecule has 5 heteroatoms. The van der Waals surface area contributed by atoms with Crippen LogP contribution in [0.2, 0.25) is 0 Å². The van der Waals surface area contributed by atoms with E-state index in [0.29, 0.717) is 6.42 Å². The van der Waals surface area contributed by atoms with Gasteiger partial charge in [-0.2, -0.15) is 0 Å². The van der Waals surface area contributed by atoms with E-state index in [0.717, 1.165) is 0 Å². The number of amides is 1. The lowest BCUT2D eigenvalue weighted by Gasteiger charge is -2.19. The van der Waals surface area contributed by atoms with Crippen molar-refractivity contribution in [3.8, 4) is 0 Å². The van der Waals surface area contributed by atoms with Crippen molar-refractivity contribution < 1.29 is 19.4 Å².